The fourth-order valence-corrected chi connectivity index (χ4v) is 2.39. The molecule has 1 aliphatic heterocycles. The molecule has 22 heavy (non-hydrogen) atoms. The molecular weight excluding hydrogens is 276 g/mol. The number of rotatable bonds is 4. The van der Waals surface area contributed by atoms with Gasteiger partial charge >= 0.3 is 0 Å². The Bertz CT molecular complexity index is 409. The Kier molecular flexibility index (Phi) is 8.13. The first-order valence-electron chi connectivity index (χ1n) is 7.99. The van der Waals surface area contributed by atoms with Crippen molar-refractivity contribution in [2.24, 2.45) is 0 Å². The van der Waals surface area contributed by atoms with Crippen LogP contribution in [0.4, 0.5) is 0 Å². The van der Waals surface area contributed by atoms with Gasteiger partial charge in [0.2, 0.25) is 0 Å². The van der Waals surface area contributed by atoms with Gasteiger partial charge in [-0.15, -0.1) is 0 Å². The van der Waals surface area contributed by atoms with Crippen molar-refractivity contribution in [2.45, 2.75) is 51.8 Å². The van der Waals surface area contributed by atoms with E-state index >= 15 is 0 Å². The normalized spacial score (nSPS) is 15.9. The van der Waals surface area contributed by atoms with E-state index in [1.54, 1.807) is 0 Å². The zero-order valence-corrected chi connectivity index (χ0v) is 14.3. The topological polar surface area (TPSA) is 41.6 Å². The molecule has 1 heterocycles. The van der Waals surface area contributed by atoms with Crippen LogP contribution in [0.15, 0.2) is 30.3 Å². The summed E-state index contributed by atoms with van der Waals surface area (Å²) in [7, 11) is 2.24. The highest BCUT2D eigenvalue weighted by molar-refractivity contribution is 5.37. The molecule has 0 saturated carbocycles. The molecule has 0 bridgehead atoms. The first-order valence-corrected chi connectivity index (χ1v) is 7.99. The number of nitrogens with zero attached hydrogens (tertiary/aromatic N) is 1. The second kappa shape index (κ2) is 9.59. The maximum absolute atomic E-state index is 9.60. The van der Waals surface area contributed by atoms with Gasteiger partial charge < -0.3 is 10.1 Å². The van der Waals surface area contributed by atoms with Crippen LogP contribution in [-0.2, 0) is 16.1 Å². The van der Waals surface area contributed by atoms with Gasteiger partial charge in [0.25, 0.3) is 6.47 Å². The van der Waals surface area contributed by atoms with Crippen molar-refractivity contribution < 1.29 is 9.53 Å². The van der Waals surface area contributed by atoms with E-state index in [9.17, 15) is 4.79 Å². The van der Waals surface area contributed by atoms with Crippen LogP contribution in [-0.4, -0.2) is 43.2 Å². The van der Waals surface area contributed by atoms with Crippen molar-refractivity contribution in [2.75, 3.05) is 20.1 Å². The number of piperidine rings is 1. The molecule has 1 saturated heterocycles. The largest absolute Gasteiger partial charge is 0.462 e. The highest BCUT2D eigenvalue weighted by Crippen LogP contribution is 2.13. The molecular formula is C18H30N2O2. The highest BCUT2D eigenvalue weighted by Gasteiger charge is 2.17. The number of ether oxygens (including phenoxy) is 1. The van der Waals surface area contributed by atoms with Crippen molar-refractivity contribution in [3.05, 3.63) is 35.9 Å². The minimum Gasteiger partial charge on any atom is -0.462 e. The average molecular weight is 306 g/mol. The van der Waals surface area contributed by atoms with Crippen LogP contribution in [0.25, 0.3) is 0 Å². The number of nitrogens with one attached hydrogen (secondary N) is 1. The van der Waals surface area contributed by atoms with Gasteiger partial charge in [-0.25, -0.2) is 0 Å². The molecule has 0 radical (unpaired) electrons. The van der Waals surface area contributed by atoms with Crippen molar-refractivity contribution in [1.29, 1.82) is 0 Å². The van der Waals surface area contributed by atoms with Crippen LogP contribution in [0.5, 0.6) is 0 Å². The summed E-state index contributed by atoms with van der Waals surface area (Å²) < 4.78 is 4.55. The predicted octanol–water partition coefficient (Wildman–Crippen LogP) is 2.83. The Balaban J connectivity index is 0.000000295. The zero-order valence-electron chi connectivity index (χ0n) is 14.3. The Morgan fingerprint density at radius 3 is 2.27 bits per heavy atom. The predicted molar refractivity (Wildman–Crippen MR) is 90.7 cm³/mol. The minimum absolute atomic E-state index is 0.318. The van der Waals surface area contributed by atoms with E-state index in [4.69, 9.17) is 0 Å². The van der Waals surface area contributed by atoms with Crippen LogP contribution in [0.3, 0.4) is 0 Å². The summed E-state index contributed by atoms with van der Waals surface area (Å²) in [4.78, 5) is 12.1. The Morgan fingerprint density at radius 1 is 1.23 bits per heavy atom. The number of carbonyl (C=O) groups is 1. The number of carbonyl (C=O) groups excluding carboxylic acids is 1. The lowest BCUT2D eigenvalue weighted by atomic mass is 10.0. The smallest absolute Gasteiger partial charge is 0.293 e. The summed E-state index contributed by atoms with van der Waals surface area (Å²) in [6, 6.07) is 11.5. The van der Waals surface area contributed by atoms with Gasteiger partial charge in [-0.2, -0.15) is 0 Å². The van der Waals surface area contributed by atoms with E-state index in [0.717, 1.165) is 12.6 Å². The molecule has 0 atom stereocenters. The summed E-state index contributed by atoms with van der Waals surface area (Å²) in [6.45, 7) is 9.34. The molecule has 2 rings (SSSR count). The SMILES string of the molecule is CC(C)(C)OC=O.CN(Cc1ccccc1)C1CCNCC1. The maximum Gasteiger partial charge on any atom is 0.293 e. The molecule has 0 unspecified atom stereocenters. The number of benzene rings is 1. The van der Waals surface area contributed by atoms with Crippen molar-refractivity contribution in [1.82, 2.24) is 10.2 Å². The lowest BCUT2D eigenvalue weighted by Gasteiger charge is -2.31. The molecule has 4 heteroatoms. The molecule has 0 spiro atoms. The fourth-order valence-electron chi connectivity index (χ4n) is 2.39. The number of hydrogen-bond acceptors (Lipinski definition) is 4. The summed E-state index contributed by atoms with van der Waals surface area (Å²) in [6.07, 6.45) is 2.56. The second-order valence-electron chi connectivity index (χ2n) is 6.71. The van der Waals surface area contributed by atoms with Crippen LogP contribution in [0.1, 0.15) is 39.2 Å². The molecule has 1 fully saturated rings. The maximum atomic E-state index is 9.60. The first-order chi connectivity index (χ1) is 10.4. The van der Waals surface area contributed by atoms with E-state index in [2.05, 4.69) is 52.3 Å². The third-order valence-corrected chi connectivity index (χ3v) is 3.61. The Morgan fingerprint density at radius 2 is 1.82 bits per heavy atom. The summed E-state index contributed by atoms with van der Waals surface area (Å²) in [5, 5.41) is 3.41. The Labute approximate surface area is 134 Å². The molecule has 4 nitrogen and oxygen atoms in total. The van der Waals surface area contributed by atoms with Gasteiger partial charge in [-0.1, -0.05) is 30.3 Å². The molecule has 0 aromatic heterocycles. The van der Waals surface area contributed by atoms with Crippen LogP contribution in [0, 0.1) is 0 Å². The monoisotopic (exact) mass is 306 g/mol. The van der Waals surface area contributed by atoms with Crippen LogP contribution < -0.4 is 5.32 Å². The third kappa shape index (κ3) is 8.15. The quantitative estimate of drug-likeness (QED) is 0.869. The van der Waals surface area contributed by atoms with Gasteiger partial charge in [-0.3, -0.25) is 9.69 Å². The third-order valence-electron chi connectivity index (χ3n) is 3.61. The van der Waals surface area contributed by atoms with E-state index in [-0.39, 0.29) is 5.60 Å². The molecule has 1 aromatic carbocycles. The van der Waals surface area contributed by atoms with E-state index in [1.807, 2.05) is 20.8 Å². The van der Waals surface area contributed by atoms with Gasteiger partial charge in [-0.05, 0) is 59.3 Å². The van der Waals surface area contributed by atoms with Crippen molar-refractivity contribution in [3.8, 4) is 0 Å². The molecule has 1 N–H and O–H groups in total. The standard InChI is InChI=1S/C13H20N2.C5H10O2/c1-15(13-7-9-14-10-8-13)11-12-5-3-2-4-6-12;1-5(2,3)7-4-6/h2-6,13-14H,7-11H2,1H3;4H,1-3H3. The van der Waals surface area contributed by atoms with Gasteiger partial charge in [0.1, 0.15) is 5.60 Å². The highest BCUT2D eigenvalue weighted by atomic mass is 16.5. The molecule has 124 valence electrons. The van der Waals surface area contributed by atoms with Crippen molar-refractivity contribution >= 4 is 6.47 Å². The molecule has 0 amide bonds. The lowest BCUT2D eigenvalue weighted by molar-refractivity contribution is -0.138. The van der Waals surface area contributed by atoms with Gasteiger partial charge in [0, 0.05) is 12.6 Å². The minimum atomic E-state index is -0.318. The molecule has 0 aliphatic carbocycles. The summed E-state index contributed by atoms with van der Waals surface area (Å²) >= 11 is 0. The average Bonchev–Trinajstić information content (AvgIpc) is 2.48. The first kappa shape index (κ1) is 18.7. The van der Waals surface area contributed by atoms with Crippen molar-refractivity contribution in [3.63, 3.8) is 0 Å². The number of hydrogen-bond donors (Lipinski definition) is 1. The van der Waals surface area contributed by atoms with Crippen LogP contribution >= 0.6 is 0 Å². The second-order valence-corrected chi connectivity index (χ2v) is 6.71. The summed E-state index contributed by atoms with van der Waals surface area (Å²) in [5.41, 5.74) is 1.10. The Hall–Kier alpha value is -1.39. The van der Waals surface area contributed by atoms with E-state index < -0.39 is 0 Å². The van der Waals surface area contributed by atoms with Gasteiger partial charge in [0.15, 0.2) is 0 Å². The zero-order chi connectivity index (χ0) is 16.4. The summed E-state index contributed by atoms with van der Waals surface area (Å²) in [5.74, 6) is 0. The van der Waals surface area contributed by atoms with Crippen LogP contribution in [0.2, 0.25) is 0 Å². The van der Waals surface area contributed by atoms with Gasteiger partial charge in [0.05, 0.1) is 0 Å². The molecule has 1 aliphatic rings. The van der Waals surface area contributed by atoms with E-state index in [0.29, 0.717) is 6.47 Å². The van der Waals surface area contributed by atoms with E-state index in [1.165, 1.54) is 31.5 Å². The molecule has 1 aromatic rings. The lowest BCUT2D eigenvalue weighted by Crippen LogP contribution is -2.40. The fraction of sp³-hybridized carbons (Fsp3) is 0.611.